The lowest BCUT2D eigenvalue weighted by molar-refractivity contribution is -0.146. The third kappa shape index (κ3) is 4.53. The van der Waals surface area contributed by atoms with Crippen molar-refractivity contribution in [3.8, 4) is 0 Å². The van der Waals surface area contributed by atoms with Gasteiger partial charge < -0.3 is 20.5 Å². The fourth-order valence-corrected chi connectivity index (χ4v) is 2.05. The smallest absolute Gasteiger partial charge is 0.330 e. The summed E-state index contributed by atoms with van der Waals surface area (Å²) >= 11 is 0. The molecule has 1 atom stereocenters. The number of methoxy groups -OCH3 is 1. The van der Waals surface area contributed by atoms with Gasteiger partial charge in [-0.3, -0.25) is 14.3 Å². The summed E-state index contributed by atoms with van der Waals surface area (Å²) in [5, 5.41) is 18.8. The number of carbonyl (C=O) groups is 3. The minimum atomic E-state index is -1.16. The van der Waals surface area contributed by atoms with E-state index in [1.807, 2.05) is 24.3 Å². The quantitative estimate of drug-likeness (QED) is 0.547. The van der Waals surface area contributed by atoms with E-state index in [1.54, 1.807) is 6.20 Å². The lowest BCUT2D eigenvalue weighted by atomic mass is 10.3. The predicted octanol–water partition coefficient (Wildman–Crippen LogP) is -1.20. The molecule has 128 valence electrons. The lowest BCUT2D eigenvalue weighted by Gasteiger charge is -2.14. The van der Waals surface area contributed by atoms with E-state index in [9.17, 15) is 14.4 Å². The molecule has 0 aliphatic heterocycles. The monoisotopic (exact) mass is 334 g/mol. The molecule has 0 saturated heterocycles. The van der Waals surface area contributed by atoms with Crippen molar-refractivity contribution in [3.05, 3.63) is 30.5 Å². The number of esters is 1. The highest BCUT2D eigenvalue weighted by Gasteiger charge is 2.20. The lowest BCUT2D eigenvalue weighted by Crippen LogP contribution is -2.48. The number of carbonyl (C=O) groups excluding carboxylic acids is 3. The zero-order valence-electron chi connectivity index (χ0n) is 13.1. The number of hydrogen-bond donors (Lipinski definition) is 3. The number of aromatic nitrogens is 2. The molecule has 0 aliphatic rings. The summed E-state index contributed by atoms with van der Waals surface area (Å²) in [6, 6.07) is 6.28. The van der Waals surface area contributed by atoms with Crippen molar-refractivity contribution >= 4 is 28.7 Å². The molecule has 9 heteroatoms. The van der Waals surface area contributed by atoms with Crippen LogP contribution < -0.4 is 10.6 Å². The van der Waals surface area contributed by atoms with Crippen LogP contribution in [0.2, 0.25) is 0 Å². The van der Waals surface area contributed by atoms with Crippen molar-refractivity contribution in [2.75, 3.05) is 20.3 Å². The Balaban J connectivity index is 1.82. The van der Waals surface area contributed by atoms with Crippen LogP contribution in [-0.2, 0) is 25.7 Å². The first kappa shape index (κ1) is 17.4. The average molecular weight is 334 g/mol. The molecule has 24 heavy (non-hydrogen) atoms. The number of ether oxygens (including phenoxy) is 1. The van der Waals surface area contributed by atoms with Crippen LogP contribution in [0.5, 0.6) is 0 Å². The van der Waals surface area contributed by atoms with Crippen LogP contribution in [0, 0.1) is 0 Å². The summed E-state index contributed by atoms with van der Waals surface area (Å²) in [6.07, 6.45) is 1.73. The molecule has 0 saturated carbocycles. The topological polar surface area (TPSA) is 123 Å². The van der Waals surface area contributed by atoms with Gasteiger partial charge in [0.05, 0.1) is 25.8 Å². The zero-order chi connectivity index (χ0) is 17.5. The molecule has 1 aromatic carbocycles. The van der Waals surface area contributed by atoms with Gasteiger partial charge in [-0.15, -0.1) is 0 Å². The first-order valence-corrected chi connectivity index (χ1v) is 7.20. The number of amides is 2. The minimum Gasteiger partial charge on any atom is -0.467 e. The number of aliphatic hydroxyl groups excluding tert-OH is 1. The van der Waals surface area contributed by atoms with E-state index in [4.69, 9.17) is 5.11 Å². The molecule has 0 bridgehead atoms. The zero-order valence-corrected chi connectivity index (χ0v) is 13.1. The van der Waals surface area contributed by atoms with Crippen LogP contribution in [0.25, 0.3) is 10.9 Å². The van der Waals surface area contributed by atoms with E-state index in [0.717, 1.165) is 18.0 Å². The first-order valence-electron chi connectivity index (χ1n) is 7.20. The average Bonchev–Trinajstić information content (AvgIpc) is 2.99. The molecule has 0 spiro atoms. The van der Waals surface area contributed by atoms with Gasteiger partial charge in [-0.2, -0.15) is 5.10 Å². The van der Waals surface area contributed by atoms with Gasteiger partial charge in [0, 0.05) is 11.6 Å². The Labute approximate surface area is 137 Å². The molecule has 0 radical (unpaired) electrons. The number of nitrogens with zero attached hydrogens (tertiary/aromatic N) is 2. The highest BCUT2D eigenvalue weighted by Crippen LogP contribution is 2.10. The molecule has 9 nitrogen and oxygen atoms in total. The third-order valence-corrected chi connectivity index (χ3v) is 3.22. The normalized spacial score (nSPS) is 11.8. The Hall–Kier alpha value is -2.94. The van der Waals surface area contributed by atoms with E-state index in [1.165, 1.54) is 4.68 Å². The molecule has 3 N–H and O–H groups in total. The van der Waals surface area contributed by atoms with Crippen LogP contribution >= 0.6 is 0 Å². The van der Waals surface area contributed by atoms with Gasteiger partial charge in [0.25, 0.3) is 0 Å². The van der Waals surface area contributed by atoms with E-state index >= 15 is 0 Å². The Morgan fingerprint density at radius 3 is 2.71 bits per heavy atom. The Kier molecular flexibility index (Phi) is 5.85. The van der Waals surface area contributed by atoms with E-state index < -0.39 is 30.4 Å². The van der Waals surface area contributed by atoms with Gasteiger partial charge in [-0.1, -0.05) is 18.2 Å². The highest BCUT2D eigenvalue weighted by molar-refractivity contribution is 5.88. The van der Waals surface area contributed by atoms with Gasteiger partial charge >= 0.3 is 5.97 Å². The van der Waals surface area contributed by atoms with E-state index in [0.29, 0.717) is 0 Å². The number of fused-ring (bicyclic) bond motifs is 1. The summed E-state index contributed by atoms with van der Waals surface area (Å²) < 4.78 is 5.90. The van der Waals surface area contributed by atoms with Crippen LogP contribution in [0.4, 0.5) is 0 Å². The molecular formula is C15H18N4O5. The maximum atomic E-state index is 11.8. The van der Waals surface area contributed by atoms with E-state index in [2.05, 4.69) is 20.5 Å². The van der Waals surface area contributed by atoms with Crippen molar-refractivity contribution in [2.45, 2.75) is 12.6 Å². The van der Waals surface area contributed by atoms with Crippen LogP contribution in [0.15, 0.2) is 30.5 Å². The molecule has 0 fully saturated rings. The number of rotatable bonds is 7. The Morgan fingerprint density at radius 1 is 1.29 bits per heavy atom. The first-order chi connectivity index (χ1) is 11.5. The SMILES string of the molecule is COC(=O)[C@H](CO)NC(=O)CNC(=O)Cn1cc2ccccc2n1. The highest BCUT2D eigenvalue weighted by atomic mass is 16.5. The Bertz CT molecular complexity index is 709. The third-order valence-electron chi connectivity index (χ3n) is 3.22. The van der Waals surface area contributed by atoms with Crippen molar-refractivity contribution in [3.63, 3.8) is 0 Å². The Morgan fingerprint density at radius 2 is 2.04 bits per heavy atom. The number of aliphatic hydroxyl groups is 1. The van der Waals surface area contributed by atoms with E-state index in [-0.39, 0.29) is 13.1 Å². The maximum Gasteiger partial charge on any atom is 0.330 e. The maximum absolute atomic E-state index is 11.8. The predicted molar refractivity (Wildman–Crippen MR) is 83.8 cm³/mol. The second kappa shape index (κ2) is 8.06. The molecule has 2 amide bonds. The molecule has 0 unspecified atom stereocenters. The minimum absolute atomic E-state index is 0.0393. The standard InChI is InChI=1S/C15H18N4O5/c1-24-15(23)12(9-20)17-13(21)6-16-14(22)8-19-7-10-4-2-3-5-11(10)18-19/h2-5,7,12,20H,6,8-9H2,1H3,(H,16,22)(H,17,21)/t12-/m0/s1. The number of nitrogens with one attached hydrogen (secondary N) is 2. The molecule has 0 aliphatic carbocycles. The van der Waals surface area contributed by atoms with Crippen molar-refractivity contribution in [1.29, 1.82) is 0 Å². The van der Waals surface area contributed by atoms with Gasteiger partial charge in [0.2, 0.25) is 11.8 Å². The fraction of sp³-hybridized carbons (Fsp3) is 0.333. The van der Waals surface area contributed by atoms with Gasteiger partial charge in [-0.05, 0) is 6.07 Å². The summed E-state index contributed by atoms with van der Waals surface area (Å²) in [4.78, 5) is 34.8. The fourth-order valence-electron chi connectivity index (χ4n) is 2.05. The second-order valence-electron chi connectivity index (χ2n) is 4.99. The van der Waals surface area contributed by atoms with Crippen molar-refractivity contribution in [1.82, 2.24) is 20.4 Å². The van der Waals surface area contributed by atoms with Crippen LogP contribution in [0.1, 0.15) is 0 Å². The molecule has 1 heterocycles. The van der Waals surface area contributed by atoms with Crippen molar-refractivity contribution in [2.24, 2.45) is 0 Å². The summed E-state index contributed by atoms with van der Waals surface area (Å²) in [7, 11) is 1.15. The van der Waals surface area contributed by atoms with Crippen LogP contribution in [0.3, 0.4) is 0 Å². The van der Waals surface area contributed by atoms with Crippen molar-refractivity contribution < 1.29 is 24.2 Å². The number of benzene rings is 1. The van der Waals surface area contributed by atoms with Gasteiger partial charge in [0.15, 0.2) is 6.04 Å². The summed E-state index contributed by atoms with van der Waals surface area (Å²) in [5.41, 5.74) is 0.770. The molecule has 2 rings (SSSR count). The van der Waals surface area contributed by atoms with Gasteiger partial charge in [-0.25, -0.2) is 4.79 Å². The van der Waals surface area contributed by atoms with Crippen LogP contribution in [-0.4, -0.2) is 59.0 Å². The summed E-state index contributed by atoms with van der Waals surface area (Å²) in [5.74, 6) is -1.78. The second-order valence-corrected chi connectivity index (χ2v) is 4.99. The number of hydrogen-bond acceptors (Lipinski definition) is 6. The summed E-state index contributed by atoms with van der Waals surface area (Å²) in [6.45, 7) is -0.957. The largest absolute Gasteiger partial charge is 0.467 e. The molecule has 1 aromatic heterocycles. The van der Waals surface area contributed by atoms with Gasteiger partial charge in [0.1, 0.15) is 6.54 Å². The molecular weight excluding hydrogens is 316 g/mol. The molecule has 2 aromatic rings.